The van der Waals surface area contributed by atoms with Crippen molar-refractivity contribution in [3.8, 4) is 11.1 Å². The van der Waals surface area contributed by atoms with Gasteiger partial charge in [0.15, 0.2) is 0 Å². The van der Waals surface area contributed by atoms with Crippen molar-refractivity contribution in [3.63, 3.8) is 0 Å². The summed E-state index contributed by atoms with van der Waals surface area (Å²) in [5, 5.41) is 3.15. The average Bonchev–Trinajstić information content (AvgIpc) is 3.26. The summed E-state index contributed by atoms with van der Waals surface area (Å²) in [4.78, 5) is 14.4. The Hall–Kier alpha value is -4.28. The summed E-state index contributed by atoms with van der Waals surface area (Å²) in [6, 6.07) is 25.4. The summed E-state index contributed by atoms with van der Waals surface area (Å²) in [5.41, 5.74) is 6.20. The van der Waals surface area contributed by atoms with Gasteiger partial charge in [0, 0.05) is 21.2 Å². The summed E-state index contributed by atoms with van der Waals surface area (Å²) in [6.45, 7) is 5.64. The second-order valence-electron chi connectivity index (χ2n) is 8.51. The van der Waals surface area contributed by atoms with Crippen LogP contribution in [0.1, 0.15) is 12.5 Å². The maximum absolute atomic E-state index is 13.6. The lowest BCUT2D eigenvalue weighted by Crippen LogP contribution is -2.04. The van der Waals surface area contributed by atoms with Gasteiger partial charge in [0.1, 0.15) is 22.3 Å². The Morgan fingerprint density at radius 2 is 1.51 bits per heavy atom. The Labute approximate surface area is 206 Å². The lowest BCUT2D eigenvalue weighted by atomic mass is 9.98. The Kier molecular flexibility index (Phi) is 4.97. The first-order valence-corrected chi connectivity index (χ1v) is 11.7. The number of hydrogen-bond donors (Lipinski definition) is 0. The van der Waals surface area contributed by atoms with E-state index in [2.05, 4.69) is 18.7 Å². The Bertz CT molecular complexity index is 1920. The molecule has 0 aliphatic rings. The highest BCUT2D eigenvalue weighted by Gasteiger charge is 2.15. The zero-order valence-corrected chi connectivity index (χ0v) is 19.8. The minimum atomic E-state index is -0.0818. The molecular formula is C31H20O3S. The molecule has 0 aliphatic carbocycles. The third-order valence-electron chi connectivity index (χ3n) is 6.36. The molecule has 0 unspecified atom stereocenters. The van der Waals surface area contributed by atoms with Crippen LogP contribution in [0.3, 0.4) is 0 Å². The lowest BCUT2D eigenvalue weighted by molar-refractivity contribution is 0.660. The first-order chi connectivity index (χ1) is 17.0. The van der Waals surface area contributed by atoms with Crippen LogP contribution in [0.2, 0.25) is 0 Å². The number of hydrogen-bond acceptors (Lipinski definition) is 4. The summed E-state index contributed by atoms with van der Waals surface area (Å²) < 4.78 is 12.3. The van der Waals surface area contributed by atoms with Crippen molar-refractivity contribution >= 4 is 66.5 Å². The smallest absolute Gasteiger partial charge is 0.200 e. The topological polar surface area (TPSA) is 43.4 Å². The average molecular weight is 473 g/mol. The van der Waals surface area contributed by atoms with E-state index in [0.717, 1.165) is 49.1 Å². The van der Waals surface area contributed by atoms with Crippen molar-refractivity contribution in [1.82, 2.24) is 0 Å². The number of allylic oxidation sites excluding steroid dienone is 3. The van der Waals surface area contributed by atoms with Gasteiger partial charge in [-0.25, -0.2) is 0 Å². The van der Waals surface area contributed by atoms with Gasteiger partial charge >= 0.3 is 0 Å². The van der Waals surface area contributed by atoms with Crippen LogP contribution in [0, 0.1) is 0 Å². The molecule has 3 nitrogen and oxygen atoms in total. The Morgan fingerprint density at radius 3 is 2.31 bits per heavy atom. The largest absolute Gasteiger partial charge is 0.456 e. The molecule has 168 valence electrons. The molecule has 4 aromatic carbocycles. The monoisotopic (exact) mass is 472 g/mol. The van der Waals surface area contributed by atoms with Crippen LogP contribution in [0.15, 0.2) is 111 Å². The molecule has 2 aromatic heterocycles. The second-order valence-corrected chi connectivity index (χ2v) is 9.12. The minimum Gasteiger partial charge on any atom is -0.456 e. The molecule has 0 bridgehead atoms. The lowest BCUT2D eigenvalue weighted by Gasteiger charge is -2.09. The molecule has 6 aromatic rings. The zero-order valence-electron chi connectivity index (χ0n) is 19.0. The minimum absolute atomic E-state index is 0.0818. The van der Waals surface area contributed by atoms with Crippen LogP contribution >= 0.6 is 12.2 Å². The molecular weight excluding hydrogens is 452 g/mol. The Morgan fingerprint density at radius 1 is 0.800 bits per heavy atom. The highest BCUT2D eigenvalue weighted by molar-refractivity contribution is 7.81. The van der Waals surface area contributed by atoms with Crippen LogP contribution in [0.5, 0.6) is 0 Å². The number of benzene rings is 4. The van der Waals surface area contributed by atoms with E-state index >= 15 is 0 Å². The molecule has 0 saturated heterocycles. The zero-order chi connectivity index (χ0) is 24.1. The fourth-order valence-corrected chi connectivity index (χ4v) is 4.89. The number of fused-ring (bicyclic) bond motifs is 5. The van der Waals surface area contributed by atoms with E-state index in [9.17, 15) is 4.79 Å². The van der Waals surface area contributed by atoms with Crippen LogP contribution in [0.4, 0.5) is 0 Å². The molecule has 0 saturated carbocycles. The maximum Gasteiger partial charge on any atom is 0.200 e. The number of rotatable bonds is 4. The van der Waals surface area contributed by atoms with Crippen molar-refractivity contribution in [2.45, 2.75) is 6.92 Å². The predicted molar refractivity (Wildman–Crippen MR) is 149 cm³/mol. The van der Waals surface area contributed by atoms with E-state index in [1.807, 2.05) is 79.7 Å². The van der Waals surface area contributed by atoms with Gasteiger partial charge in [-0.15, -0.1) is 0 Å². The van der Waals surface area contributed by atoms with Crippen molar-refractivity contribution in [2.24, 2.45) is 0 Å². The number of thiocarbonyl (C=S) groups is 1. The molecule has 0 aliphatic heterocycles. The van der Waals surface area contributed by atoms with Crippen molar-refractivity contribution in [3.05, 3.63) is 113 Å². The summed E-state index contributed by atoms with van der Waals surface area (Å²) in [5.74, 6) is 0. The Balaban J connectivity index is 1.58. The second kappa shape index (κ2) is 8.19. The quantitative estimate of drug-likeness (QED) is 0.112. The van der Waals surface area contributed by atoms with E-state index in [-0.39, 0.29) is 5.43 Å². The predicted octanol–water partition coefficient (Wildman–Crippen LogP) is 8.47. The standard InChI is InChI=1S/C31H20O3S/c1-3-7-21(18(2)35)19-12-14-28-25(16-19)30(32)26-17-20(13-15-29(26)33-28)22-9-6-10-24-23-8-4-5-11-27(23)34-31(22)24/h3-17H,1H2,2H3/b21-7+. The third kappa shape index (κ3) is 3.42. The molecule has 0 spiro atoms. The summed E-state index contributed by atoms with van der Waals surface area (Å²) in [7, 11) is 0. The van der Waals surface area contributed by atoms with Crippen LogP contribution in [-0.4, -0.2) is 4.86 Å². The first kappa shape index (κ1) is 21.3. The van der Waals surface area contributed by atoms with Gasteiger partial charge in [-0.05, 0) is 54.0 Å². The van der Waals surface area contributed by atoms with Crippen molar-refractivity contribution in [2.75, 3.05) is 0 Å². The molecule has 0 radical (unpaired) electrons. The molecule has 6 rings (SSSR count). The van der Waals surface area contributed by atoms with Crippen LogP contribution < -0.4 is 5.43 Å². The SMILES string of the molecule is C=C/C=C(\C(C)=S)c1ccc2oc3ccc(-c4cccc5c4oc4ccccc45)cc3c(=O)c2c1. The molecule has 2 heterocycles. The van der Waals surface area contributed by atoms with Gasteiger partial charge in [0.05, 0.1) is 10.8 Å². The number of furan rings is 1. The van der Waals surface area contributed by atoms with E-state index in [4.69, 9.17) is 21.1 Å². The molecule has 4 heteroatoms. The van der Waals surface area contributed by atoms with E-state index in [1.54, 1.807) is 6.08 Å². The number of para-hydroxylation sites is 2. The maximum atomic E-state index is 13.6. The fraction of sp³-hybridized carbons (Fsp3) is 0.0323. The van der Waals surface area contributed by atoms with Gasteiger partial charge in [0.2, 0.25) is 5.43 Å². The van der Waals surface area contributed by atoms with Gasteiger partial charge in [0.25, 0.3) is 0 Å². The third-order valence-corrected chi connectivity index (χ3v) is 6.58. The first-order valence-electron chi connectivity index (χ1n) is 11.3. The molecule has 0 fully saturated rings. The van der Waals surface area contributed by atoms with Gasteiger partial charge in [-0.2, -0.15) is 0 Å². The van der Waals surface area contributed by atoms with Gasteiger partial charge < -0.3 is 8.83 Å². The molecule has 0 atom stereocenters. The van der Waals surface area contributed by atoms with E-state index in [0.29, 0.717) is 21.9 Å². The van der Waals surface area contributed by atoms with Crippen molar-refractivity contribution in [1.29, 1.82) is 0 Å². The summed E-state index contributed by atoms with van der Waals surface area (Å²) in [6.07, 6.45) is 3.56. The molecule has 0 amide bonds. The van der Waals surface area contributed by atoms with Crippen LogP contribution in [-0.2, 0) is 0 Å². The van der Waals surface area contributed by atoms with Gasteiger partial charge in [-0.1, -0.05) is 79.5 Å². The normalized spacial score (nSPS) is 12.1. The van der Waals surface area contributed by atoms with Crippen LogP contribution in [0.25, 0.3) is 60.6 Å². The molecule has 35 heavy (non-hydrogen) atoms. The van der Waals surface area contributed by atoms with Gasteiger partial charge in [-0.3, -0.25) is 4.79 Å². The summed E-state index contributed by atoms with van der Waals surface area (Å²) >= 11 is 5.40. The molecule has 0 N–H and O–H groups in total. The fourth-order valence-electron chi connectivity index (χ4n) is 4.70. The highest BCUT2D eigenvalue weighted by Crippen LogP contribution is 2.36. The highest BCUT2D eigenvalue weighted by atomic mass is 32.1. The van der Waals surface area contributed by atoms with Crippen molar-refractivity contribution < 1.29 is 8.83 Å². The van der Waals surface area contributed by atoms with E-state index < -0.39 is 0 Å². The van der Waals surface area contributed by atoms with E-state index in [1.165, 1.54) is 0 Å².